The number of ether oxygens (including phenoxy) is 3. The minimum absolute atomic E-state index is 0.158. The van der Waals surface area contributed by atoms with Crippen LogP contribution < -0.4 is 0 Å². The smallest absolute Gasteiger partial charge is 0.306 e. The molecule has 0 heterocycles. The van der Waals surface area contributed by atoms with E-state index in [4.69, 9.17) is 19.3 Å². The van der Waals surface area contributed by atoms with Gasteiger partial charge in [-0.25, -0.2) is 0 Å². The summed E-state index contributed by atoms with van der Waals surface area (Å²) in [6.45, 7) is 3.86. The van der Waals surface area contributed by atoms with Crippen LogP contribution >= 0.6 is 0 Å². The number of aliphatic hydroxyl groups is 4. The molecule has 0 fully saturated rings. The first-order valence-electron chi connectivity index (χ1n) is 22.9. The molecule has 55 heavy (non-hydrogen) atoms. The Bertz CT molecular complexity index is 869. The Hall–Kier alpha value is -1.75. The lowest BCUT2D eigenvalue weighted by Crippen LogP contribution is -2.30. The van der Waals surface area contributed by atoms with Crippen LogP contribution in [0, 0.1) is 0 Å². The van der Waals surface area contributed by atoms with E-state index in [1.165, 1.54) is 64.2 Å². The molecule has 0 saturated carbocycles. The van der Waals surface area contributed by atoms with E-state index in [2.05, 4.69) is 13.8 Å². The third kappa shape index (κ3) is 37.6. The number of rotatable bonds is 42. The Balaban J connectivity index is 4.42. The molecule has 0 radical (unpaired) electrons. The average molecular weight is 787 g/mol. The minimum atomic E-state index is -0.853. The van der Waals surface area contributed by atoms with Crippen molar-refractivity contribution in [2.45, 2.75) is 250 Å². The molecule has 0 aliphatic carbocycles. The summed E-state index contributed by atoms with van der Waals surface area (Å²) in [5.74, 6) is -1.13. The Morgan fingerprint density at radius 1 is 0.418 bits per heavy atom. The lowest BCUT2D eigenvalue weighted by Gasteiger charge is -2.18. The van der Waals surface area contributed by atoms with Crippen LogP contribution in [0.15, 0.2) is 0 Å². The monoisotopic (exact) mass is 787 g/mol. The maximum Gasteiger partial charge on any atom is 0.306 e. The zero-order valence-electron chi connectivity index (χ0n) is 35.5. The molecule has 0 aliphatic rings. The molecule has 0 bridgehead atoms. The van der Waals surface area contributed by atoms with E-state index in [0.717, 1.165) is 96.3 Å². The van der Waals surface area contributed by atoms with Gasteiger partial charge >= 0.3 is 17.9 Å². The van der Waals surface area contributed by atoms with Gasteiger partial charge in [0.2, 0.25) is 0 Å². The zero-order chi connectivity index (χ0) is 40.6. The number of carbonyl (C=O) groups excluding carboxylic acids is 3. The van der Waals surface area contributed by atoms with Crippen molar-refractivity contribution in [2.24, 2.45) is 0 Å². The second kappa shape index (κ2) is 40.4. The summed E-state index contributed by atoms with van der Waals surface area (Å²) in [4.78, 5) is 37.6. The van der Waals surface area contributed by atoms with Crippen molar-refractivity contribution in [3.63, 3.8) is 0 Å². The summed E-state index contributed by atoms with van der Waals surface area (Å²) in [6, 6.07) is 0. The summed E-state index contributed by atoms with van der Waals surface area (Å²) < 4.78 is 16.5. The number of aliphatic hydroxyl groups excluding tert-OH is 4. The molecule has 0 amide bonds. The predicted molar refractivity (Wildman–Crippen MR) is 221 cm³/mol. The van der Waals surface area contributed by atoms with E-state index in [9.17, 15) is 29.7 Å². The summed E-state index contributed by atoms with van der Waals surface area (Å²) in [6.07, 6.45) is 28.3. The SMILES string of the molecule is CCCCCCCCCCCCCCCC(=O)OC(COC(=O)CCCCCCCC(O)CO)COC(=O)CCCCCCCC(O)C(O)CCCCCC. The highest BCUT2D eigenvalue weighted by Crippen LogP contribution is 2.16. The lowest BCUT2D eigenvalue weighted by atomic mass is 10.00. The molecule has 0 aromatic heterocycles. The molecule has 4 unspecified atom stereocenters. The van der Waals surface area contributed by atoms with Crippen molar-refractivity contribution < 1.29 is 49.0 Å². The first kappa shape index (κ1) is 53.2. The van der Waals surface area contributed by atoms with Crippen LogP contribution in [0.2, 0.25) is 0 Å². The molecule has 10 heteroatoms. The van der Waals surface area contributed by atoms with E-state index in [1.807, 2.05) is 0 Å². The molecule has 0 aliphatic heterocycles. The standard InChI is InChI=1S/C45H86O10/c1-3-5-7-9-10-11-12-13-14-15-16-21-29-35-45(52)55-40(37-53-43(50)33-27-22-17-19-24-30-39(47)36-46)38-54-44(51)34-28-23-18-20-26-32-42(49)41(48)31-25-8-6-4-2/h39-42,46-49H,3-38H2,1-2H3. The molecular formula is C45H86O10. The van der Waals surface area contributed by atoms with Crippen LogP contribution in [0.25, 0.3) is 0 Å². The van der Waals surface area contributed by atoms with Crippen LogP contribution in [0.1, 0.15) is 226 Å². The number of hydrogen-bond donors (Lipinski definition) is 4. The van der Waals surface area contributed by atoms with Gasteiger partial charge in [0.15, 0.2) is 6.10 Å². The van der Waals surface area contributed by atoms with Crippen molar-refractivity contribution in [1.29, 1.82) is 0 Å². The van der Waals surface area contributed by atoms with Crippen LogP contribution in [-0.2, 0) is 28.6 Å². The predicted octanol–water partition coefficient (Wildman–Crippen LogP) is 9.97. The van der Waals surface area contributed by atoms with Crippen molar-refractivity contribution >= 4 is 17.9 Å². The van der Waals surface area contributed by atoms with Crippen molar-refractivity contribution in [3.05, 3.63) is 0 Å². The molecule has 10 nitrogen and oxygen atoms in total. The molecule has 326 valence electrons. The van der Waals surface area contributed by atoms with Gasteiger partial charge < -0.3 is 34.6 Å². The van der Waals surface area contributed by atoms with Crippen molar-refractivity contribution in [1.82, 2.24) is 0 Å². The van der Waals surface area contributed by atoms with E-state index < -0.39 is 24.4 Å². The van der Waals surface area contributed by atoms with Gasteiger partial charge in [-0.2, -0.15) is 0 Å². The minimum Gasteiger partial charge on any atom is -0.462 e. The third-order valence-corrected chi connectivity index (χ3v) is 10.5. The van der Waals surface area contributed by atoms with Crippen LogP contribution in [0.4, 0.5) is 0 Å². The number of hydrogen-bond acceptors (Lipinski definition) is 10. The van der Waals surface area contributed by atoms with Gasteiger partial charge in [0.1, 0.15) is 13.2 Å². The summed E-state index contributed by atoms with van der Waals surface area (Å²) in [7, 11) is 0. The largest absolute Gasteiger partial charge is 0.462 e. The maximum absolute atomic E-state index is 12.7. The second-order valence-corrected chi connectivity index (χ2v) is 15.9. The van der Waals surface area contributed by atoms with Crippen LogP contribution in [0.3, 0.4) is 0 Å². The average Bonchev–Trinajstić information content (AvgIpc) is 3.18. The highest BCUT2D eigenvalue weighted by Gasteiger charge is 2.20. The van der Waals surface area contributed by atoms with Crippen LogP contribution in [0.5, 0.6) is 0 Å². The van der Waals surface area contributed by atoms with Crippen LogP contribution in [-0.4, -0.2) is 82.6 Å². The summed E-state index contributed by atoms with van der Waals surface area (Å²) in [5.41, 5.74) is 0. The van der Waals surface area contributed by atoms with Gasteiger partial charge in [0.25, 0.3) is 0 Å². The molecular weight excluding hydrogens is 700 g/mol. The maximum atomic E-state index is 12.7. The zero-order valence-corrected chi connectivity index (χ0v) is 35.5. The quantitative estimate of drug-likeness (QED) is 0.0266. The van der Waals surface area contributed by atoms with E-state index in [1.54, 1.807) is 0 Å². The summed E-state index contributed by atoms with van der Waals surface area (Å²) >= 11 is 0. The molecule has 0 aromatic rings. The normalized spacial score (nSPS) is 13.6. The van der Waals surface area contributed by atoms with Crippen molar-refractivity contribution in [3.8, 4) is 0 Å². The summed E-state index contributed by atoms with van der Waals surface area (Å²) in [5, 5.41) is 38.7. The van der Waals surface area contributed by atoms with Gasteiger partial charge in [-0.15, -0.1) is 0 Å². The number of unbranched alkanes of at least 4 members (excludes halogenated alkanes) is 23. The molecule has 4 atom stereocenters. The first-order chi connectivity index (χ1) is 26.7. The molecule has 0 rings (SSSR count). The van der Waals surface area contributed by atoms with Gasteiger partial charge in [-0.3, -0.25) is 14.4 Å². The topological polar surface area (TPSA) is 160 Å². The Morgan fingerprint density at radius 2 is 0.727 bits per heavy atom. The highest BCUT2D eigenvalue weighted by atomic mass is 16.6. The second-order valence-electron chi connectivity index (χ2n) is 15.9. The molecule has 4 N–H and O–H groups in total. The molecule has 0 aromatic carbocycles. The van der Waals surface area contributed by atoms with Gasteiger partial charge in [-0.1, -0.05) is 168 Å². The fourth-order valence-corrected chi connectivity index (χ4v) is 6.75. The Kier molecular flexibility index (Phi) is 39.2. The highest BCUT2D eigenvalue weighted by molar-refractivity contribution is 5.71. The van der Waals surface area contributed by atoms with E-state index in [0.29, 0.717) is 32.1 Å². The van der Waals surface area contributed by atoms with Gasteiger partial charge in [0, 0.05) is 19.3 Å². The van der Waals surface area contributed by atoms with Gasteiger partial charge in [0.05, 0.1) is 24.9 Å². The third-order valence-electron chi connectivity index (χ3n) is 10.5. The Labute approximate surface area is 336 Å². The number of esters is 3. The molecule has 0 saturated heterocycles. The number of carbonyl (C=O) groups is 3. The van der Waals surface area contributed by atoms with E-state index >= 15 is 0 Å². The fraction of sp³-hybridized carbons (Fsp3) is 0.933. The Morgan fingerprint density at radius 3 is 1.11 bits per heavy atom. The molecule has 0 spiro atoms. The first-order valence-corrected chi connectivity index (χ1v) is 22.9. The van der Waals surface area contributed by atoms with Gasteiger partial charge in [-0.05, 0) is 38.5 Å². The fourth-order valence-electron chi connectivity index (χ4n) is 6.75. The van der Waals surface area contributed by atoms with E-state index in [-0.39, 0.29) is 57.0 Å². The van der Waals surface area contributed by atoms with Crippen molar-refractivity contribution in [2.75, 3.05) is 19.8 Å². The lowest BCUT2D eigenvalue weighted by molar-refractivity contribution is -0.167.